The third-order valence-electron chi connectivity index (χ3n) is 10.1. The molecule has 6 heterocycles. The van der Waals surface area contributed by atoms with Gasteiger partial charge in [0.05, 0.1) is 29.4 Å². The van der Waals surface area contributed by atoms with Crippen molar-refractivity contribution in [1.82, 2.24) is 19.9 Å². The molecule has 0 saturated carbocycles. The second kappa shape index (κ2) is 11.7. The number of hydrogen-bond acceptors (Lipinski definition) is 10. The van der Waals surface area contributed by atoms with E-state index >= 15 is 8.78 Å². The summed E-state index contributed by atoms with van der Waals surface area (Å²) in [6.45, 7) is 1.91. The van der Waals surface area contributed by atoms with E-state index in [2.05, 4.69) is 25.9 Å². The fourth-order valence-electron chi connectivity index (χ4n) is 8.00. The molecule has 10 nitrogen and oxygen atoms in total. The molecule has 4 aliphatic rings. The van der Waals surface area contributed by atoms with Crippen molar-refractivity contribution in [1.29, 1.82) is 0 Å². The van der Waals surface area contributed by atoms with Crippen LogP contribution in [0.4, 0.5) is 24.7 Å². The summed E-state index contributed by atoms with van der Waals surface area (Å²) in [6.07, 6.45) is 9.18. The van der Waals surface area contributed by atoms with Gasteiger partial charge in [-0.2, -0.15) is 9.97 Å². The Morgan fingerprint density at radius 2 is 2.06 bits per heavy atom. The van der Waals surface area contributed by atoms with E-state index in [0.717, 1.165) is 44.4 Å². The molecule has 248 valence electrons. The average Bonchev–Trinajstić information content (AvgIpc) is 3.46. The summed E-state index contributed by atoms with van der Waals surface area (Å²) in [7, 11) is 1.50. The number of terminal acetylenes is 1. The van der Waals surface area contributed by atoms with Gasteiger partial charge in [0, 0.05) is 29.6 Å². The van der Waals surface area contributed by atoms with Crippen LogP contribution in [-0.4, -0.2) is 83.3 Å². The second-order valence-corrected chi connectivity index (χ2v) is 13.1. The molecule has 1 unspecified atom stereocenters. The van der Waals surface area contributed by atoms with E-state index in [1.165, 1.54) is 19.2 Å². The zero-order valence-electron chi connectivity index (χ0n) is 26.4. The standard InChI is InChI=1S/C35H34F3N7O3/c1-3-24-26(37)9-8-19-12-21(39)13-25(27(19)24)30-29(38)31-28-32(42-34(41-31)48-18-35-10-5-11-44(35)15-20(36)14-35)45-16-22(43-46-2)6-4-7-23(45)17-47-33(28)40-30/h1,8-9,12-13,20,23H,4-7,10-11,14-18,39H2,2H3/b43-22-/t20-,23+,35?/m1/s1. The van der Waals surface area contributed by atoms with Crippen molar-refractivity contribution in [3.05, 3.63) is 41.5 Å². The summed E-state index contributed by atoms with van der Waals surface area (Å²) in [4.78, 5) is 23.4. The SMILES string of the molecule is C#Cc1c(F)ccc2cc(N)cc(-c3nc4c5c(nc(OCC67CCCN6C[C@H](F)C7)nc5c3F)N3C/C(=N\OC)CCC[C@H]3CO4)c12. The van der Waals surface area contributed by atoms with Crippen LogP contribution in [0.25, 0.3) is 32.9 Å². The molecule has 8 rings (SSSR count). The predicted octanol–water partition coefficient (Wildman–Crippen LogP) is 5.40. The third-order valence-corrected chi connectivity index (χ3v) is 10.1. The Morgan fingerprint density at radius 3 is 2.90 bits per heavy atom. The van der Waals surface area contributed by atoms with Crippen molar-refractivity contribution in [2.24, 2.45) is 5.16 Å². The lowest BCUT2D eigenvalue weighted by atomic mass is 9.95. The van der Waals surface area contributed by atoms with Crippen LogP contribution in [0.3, 0.4) is 0 Å². The zero-order valence-corrected chi connectivity index (χ0v) is 26.4. The summed E-state index contributed by atoms with van der Waals surface area (Å²) in [5, 5.41) is 5.33. The van der Waals surface area contributed by atoms with Crippen molar-refractivity contribution >= 4 is 38.9 Å². The number of hydrogen-bond donors (Lipinski definition) is 1. The maximum atomic E-state index is 17.1. The van der Waals surface area contributed by atoms with E-state index in [-0.39, 0.29) is 58.9 Å². The Hall–Kier alpha value is -4.83. The molecular formula is C35H34F3N7O3. The molecule has 0 aliphatic carbocycles. The van der Waals surface area contributed by atoms with E-state index in [0.29, 0.717) is 41.8 Å². The first-order valence-corrected chi connectivity index (χ1v) is 16.2. The number of nitrogens with zero attached hydrogens (tertiary/aromatic N) is 6. The quantitative estimate of drug-likeness (QED) is 0.172. The van der Waals surface area contributed by atoms with Crippen molar-refractivity contribution in [2.75, 3.05) is 50.6 Å². The van der Waals surface area contributed by atoms with Crippen LogP contribution in [0.5, 0.6) is 11.9 Å². The Bertz CT molecular complexity index is 2040. The number of anilines is 2. The van der Waals surface area contributed by atoms with E-state index in [4.69, 9.17) is 31.5 Å². The lowest BCUT2D eigenvalue weighted by Crippen LogP contribution is -2.43. The van der Waals surface area contributed by atoms with Gasteiger partial charge in [0.25, 0.3) is 0 Å². The lowest BCUT2D eigenvalue weighted by molar-refractivity contribution is 0.107. The van der Waals surface area contributed by atoms with Crippen molar-refractivity contribution in [3.8, 4) is 35.5 Å². The minimum Gasteiger partial charge on any atom is -0.475 e. The summed E-state index contributed by atoms with van der Waals surface area (Å²) < 4.78 is 59.3. The molecule has 4 aliphatic heterocycles. The van der Waals surface area contributed by atoms with E-state index < -0.39 is 23.3 Å². The molecule has 0 bridgehead atoms. The van der Waals surface area contributed by atoms with Gasteiger partial charge in [0.1, 0.15) is 54.7 Å². The minimum atomic E-state index is -0.941. The molecule has 2 N–H and O–H groups in total. The normalized spacial score (nSPS) is 24.6. The molecule has 3 atom stereocenters. The largest absolute Gasteiger partial charge is 0.475 e. The zero-order chi connectivity index (χ0) is 33.2. The molecule has 0 amide bonds. The Labute approximate surface area is 275 Å². The van der Waals surface area contributed by atoms with Crippen molar-refractivity contribution in [2.45, 2.75) is 56.3 Å². The molecular weight excluding hydrogens is 623 g/mol. The van der Waals surface area contributed by atoms with E-state index in [9.17, 15) is 4.39 Å². The van der Waals surface area contributed by atoms with Crippen LogP contribution in [0.15, 0.2) is 29.4 Å². The van der Waals surface area contributed by atoms with Crippen molar-refractivity contribution in [3.63, 3.8) is 0 Å². The molecule has 48 heavy (non-hydrogen) atoms. The Balaban J connectivity index is 1.34. The number of nitrogen functional groups attached to an aromatic ring is 1. The molecule has 3 fully saturated rings. The van der Waals surface area contributed by atoms with Crippen molar-refractivity contribution < 1.29 is 27.5 Å². The molecule has 3 saturated heterocycles. The second-order valence-electron chi connectivity index (χ2n) is 13.1. The third kappa shape index (κ3) is 4.92. The van der Waals surface area contributed by atoms with Gasteiger partial charge in [-0.1, -0.05) is 17.1 Å². The van der Waals surface area contributed by atoms with Crippen LogP contribution in [0.2, 0.25) is 0 Å². The van der Waals surface area contributed by atoms with Crippen LogP contribution in [0, 0.1) is 24.0 Å². The molecule has 2 aromatic carbocycles. The highest BCUT2D eigenvalue weighted by molar-refractivity contribution is 6.05. The monoisotopic (exact) mass is 657 g/mol. The Morgan fingerprint density at radius 1 is 1.19 bits per heavy atom. The van der Waals surface area contributed by atoms with Gasteiger partial charge in [0.15, 0.2) is 5.82 Å². The molecule has 0 spiro atoms. The number of aromatic nitrogens is 3. The molecule has 0 radical (unpaired) electrons. The van der Waals surface area contributed by atoms with Gasteiger partial charge in [-0.3, -0.25) is 4.90 Å². The topological polar surface area (TPSA) is 111 Å². The summed E-state index contributed by atoms with van der Waals surface area (Å²) in [6, 6.07) is 5.76. The summed E-state index contributed by atoms with van der Waals surface area (Å²) >= 11 is 0. The van der Waals surface area contributed by atoms with Gasteiger partial charge in [-0.05, 0) is 62.2 Å². The lowest BCUT2D eigenvalue weighted by Gasteiger charge is -2.31. The number of oxime groups is 1. The molecule has 2 aromatic heterocycles. The number of fused-ring (bicyclic) bond motifs is 4. The van der Waals surface area contributed by atoms with Crippen LogP contribution in [-0.2, 0) is 4.84 Å². The van der Waals surface area contributed by atoms with E-state index in [1.54, 1.807) is 12.1 Å². The summed E-state index contributed by atoms with van der Waals surface area (Å²) in [5.74, 6) is 1.49. The number of rotatable bonds is 5. The number of benzene rings is 2. The van der Waals surface area contributed by atoms with Gasteiger partial charge in [-0.25, -0.2) is 18.2 Å². The fraction of sp³-hybridized carbons (Fsp3) is 0.429. The number of pyridine rings is 1. The average molecular weight is 658 g/mol. The Kier molecular flexibility index (Phi) is 7.43. The first-order valence-electron chi connectivity index (χ1n) is 16.2. The highest BCUT2D eigenvalue weighted by atomic mass is 19.1. The minimum absolute atomic E-state index is 0.0376. The van der Waals surface area contributed by atoms with Gasteiger partial charge >= 0.3 is 6.01 Å². The maximum absolute atomic E-state index is 17.1. The van der Waals surface area contributed by atoms with Gasteiger partial charge < -0.3 is 24.9 Å². The number of nitrogens with two attached hydrogens (primary N) is 1. The van der Waals surface area contributed by atoms with Crippen LogP contribution >= 0.6 is 0 Å². The first kappa shape index (κ1) is 30.5. The predicted molar refractivity (Wildman–Crippen MR) is 176 cm³/mol. The highest BCUT2D eigenvalue weighted by Gasteiger charge is 2.49. The molecule has 4 aromatic rings. The summed E-state index contributed by atoms with van der Waals surface area (Å²) in [5.41, 5.74) is 6.83. The maximum Gasteiger partial charge on any atom is 0.319 e. The number of halogens is 3. The van der Waals surface area contributed by atoms with Crippen LogP contribution in [0.1, 0.15) is 44.1 Å². The smallest absolute Gasteiger partial charge is 0.319 e. The first-order chi connectivity index (χ1) is 23.3. The fourth-order valence-corrected chi connectivity index (χ4v) is 8.00. The molecule has 13 heteroatoms. The number of alkyl halides is 1. The number of ether oxygens (including phenoxy) is 2. The van der Waals surface area contributed by atoms with E-state index in [1.807, 2.05) is 4.90 Å². The van der Waals surface area contributed by atoms with Gasteiger partial charge in [-0.15, -0.1) is 6.42 Å². The van der Waals surface area contributed by atoms with Gasteiger partial charge in [0.2, 0.25) is 5.88 Å². The van der Waals surface area contributed by atoms with Crippen LogP contribution < -0.4 is 20.1 Å². The highest BCUT2D eigenvalue weighted by Crippen LogP contribution is 2.44.